The summed E-state index contributed by atoms with van der Waals surface area (Å²) in [7, 11) is 1.85. The molecule has 1 rings (SSSR count). The van der Waals surface area contributed by atoms with E-state index in [0.29, 0.717) is 11.8 Å². The number of terminal acetylenes is 1. The first kappa shape index (κ1) is 11.3. The molecule has 0 aromatic heterocycles. The molecule has 3 unspecified atom stereocenters. The lowest BCUT2D eigenvalue weighted by Gasteiger charge is -2.17. The average Bonchev–Trinajstić information content (AvgIpc) is 2.61. The first-order chi connectivity index (χ1) is 6.67. The summed E-state index contributed by atoms with van der Waals surface area (Å²) in [5, 5.41) is 3.06. The molecule has 0 aliphatic heterocycles. The van der Waals surface area contributed by atoms with Crippen LogP contribution in [0.5, 0.6) is 0 Å². The maximum absolute atomic E-state index is 11.2. The zero-order chi connectivity index (χ0) is 10.6. The zero-order valence-corrected chi connectivity index (χ0v) is 9.05. The minimum atomic E-state index is 0.0246. The molecule has 1 fully saturated rings. The predicted molar refractivity (Wildman–Crippen MR) is 57.8 cm³/mol. The first-order valence-electron chi connectivity index (χ1n) is 5.31. The van der Waals surface area contributed by atoms with Crippen LogP contribution in [0.4, 0.5) is 0 Å². The summed E-state index contributed by atoms with van der Waals surface area (Å²) in [6, 6.07) is 0.0246. The Bertz CT molecular complexity index is 241. The van der Waals surface area contributed by atoms with Crippen LogP contribution in [0.3, 0.4) is 0 Å². The van der Waals surface area contributed by atoms with Gasteiger partial charge in [0.05, 0.1) is 6.04 Å². The topological polar surface area (TPSA) is 29.1 Å². The fraction of sp³-hybridized carbons (Fsp3) is 0.750. The van der Waals surface area contributed by atoms with E-state index in [9.17, 15) is 4.79 Å². The van der Waals surface area contributed by atoms with E-state index in [1.165, 1.54) is 6.42 Å². The summed E-state index contributed by atoms with van der Waals surface area (Å²) >= 11 is 0. The Hall–Kier alpha value is -0.810. The van der Waals surface area contributed by atoms with Crippen LogP contribution in [-0.2, 0) is 4.79 Å². The molecular weight excluding hydrogens is 174 g/mol. The summed E-state index contributed by atoms with van der Waals surface area (Å²) < 4.78 is 0. The van der Waals surface area contributed by atoms with E-state index in [2.05, 4.69) is 11.2 Å². The number of likely N-dealkylation sites (N-methyl/N-ethyl adjacent to an activating group) is 1. The molecule has 14 heavy (non-hydrogen) atoms. The van der Waals surface area contributed by atoms with E-state index in [0.717, 1.165) is 19.3 Å². The van der Waals surface area contributed by atoms with Crippen molar-refractivity contribution < 1.29 is 4.79 Å². The predicted octanol–water partition coefficient (Wildman–Crippen LogP) is 1.60. The fourth-order valence-electron chi connectivity index (χ4n) is 2.26. The van der Waals surface area contributed by atoms with Gasteiger partial charge in [0, 0.05) is 5.92 Å². The van der Waals surface area contributed by atoms with Crippen molar-refractivity contribution in [2.24, 2.45) is 11.8 Å². The lowest BCUT2D eigenvalue weighted by Crippen LogP contribution is -2.33. The second kappa shape index (κ2) is 5.17. The number of rotatable bonds is 4. The molecule has 0 aromatic carbocycles. The van der Waals surface area contributed by atoms with Crippen LogP contribution in [0, 0.1) is 24.2 Å². The van der Waals surface area contributed by atoms with Gasteiger partial charge < -0.3 is 5.32 Å². The third-order valence-electron chi connectivity index (χ3n) is 3.19. The average molecular weight is 193 g/mol. The van der Waals surface area contributed by atoms with Gasteiger partial charge in [0.2, 0.25) is 0 Å². The van der Waals surface area contributed by atoms with Gasteiger partial charge in [0.15, 0.2) is 0 Å². The van der Waals surface area contributed by atoms with Crippen LogP contribution < -0.4 is 5.32 Å². The highest BCUT2D eigenvalue weighted by Crippen LogP contribution is 2.33. The summed E-state index contributed by atoms with van der Waals surface area (Å²) in [6.45, 7) is 1.65. The molecule has 1 aliphatic rings. The van der Waals surface area contributed by atoms with E-state index >= 15 is 0 Å². The smallest absolute Gasteiger partial charge is 0.146 e. The fourth-order valence-corrected chi connectivity index (χ4v) is 2.26. The summed E-state index contributed by atoms with van der Waals surface area (Å²) in [5.74, 6) is 4.13. The van der Waals surface area contributed by atoms with Crippen molar-refractivity contribution >= 4 is 5.78 Å². The molecule has 1 saturated carbocycles. The van der Waals surface area contributed by atoms with Crippen molar-refractivity contribution in [1.82, 2.24) is 5.32 Å². The van der Waals surface area contributed by atoms with E-state index in [1.807, 2.05) is 7.05 Å². The summed E-state index contributed by atoms with van der Waals surface area (Å²) in [6.07, 6.45) is 9.75. The molecule has 3 atom stereocenters. The quantitative estimate of drug-likeness (QED) is 0.687. The van der Waals surface area contributed by atoms with E-state index in [1.54, 1.807) is 6.92 Å². The number of ketones is 1. The van der Waals surface area contributed by atoms with Crippen LogP contribution in [0.15, 0.2) is 0 Å². The highest BCUT2D eigenvalue weighted by Gasteiger charge is 2.26. The Morgan fingerprint density at radius 1 is 1.64 bits per heavy atom. The summed E-state index contributed by atoms with van der Waals surface area (Å²) in [4.78, 5) is 11.2. The molecule has 78 valence electrons. The molecule has 0 amide bonds. The Balaban J connectivity index is 2.38. The van der Waals surface area contributed by atoms with Gasteiger partial charge in [-0.15, -0.1) is 12.3 Å². The molecule has 0 radical (unpaired) electrons. The highest BCUT2D eigenvalue weighted by molar-refractivity contribution is 5.81. The van der Waals surface area contributed by atoms with Gasteiger partial charge >= 0.3 is 0 Å². The maximum Gasteiger partial charge on any atom is 0.146 e. The highest BCUT2D eigenvalue weighted by atomic mass is 16.1. The van der Waals surface area contributed by atoms with Gasteiger partial charge in [-0.2, -0.15) is 0 Å². The van der Waals surface area contributed by atoms with Crippen LogP contribution >= 0.6 is 0 Å². The molecule has 0 aromatic rings. The summed E-state index contributed by atoms with van der Waals surface area (Å²) in [5.41, 5.74) is 0. The Morgan fingerprint density at radius 2 is 2.36 bits per heavy atom. The van der Waals surface area contributed by atoms with Crippen molar-refractivity contribution in [2.45, 2.75) is 38.6 Å². The van der Waals surface area contributed by atoms with Gasteiger partial charge in [0.25, 0.3) is 0 Å². The zero-order valence-electron chi connectivity index (χ0n) is 9.05. The van der Waals surface area contributed by atoms with Crippen molar-refractivity contribution in [3.63, 3.8) is 0 Å². The molecule has 2 heteroatoms. The number of Topliss-reactive ketones (excluding diaryl/α,β-unsaturated/α-hetero) is 1. The standard InChI is InChI=1S/C12H19NO/c1-4-10-5-6-11(7-10)8-12(13-3)9(2)14/h1,10-13H,5-8H2,2-3H3. The monoisotopic (exact) mass is 193 g/mol. The lowest BCUT2D eigenvalue weighted by atomic mass is 9.95. The SMILES string of the molecule is C#CC1CCC(CC(NC)C(C)=O)C1. The Morgan fingerprint density at radius 3 is 2.79 bits per heavy atom. The van der Waals surface area contributed by atoms with Gasteiger partial charge in [-0.3, -0.25) is 4.79 Å². The van der Waals surface area contributed by atoms with Crippen molar-refractivity contribution in [3.8, 4) is 12.3 Å². The third kappa shape index (κ3) is 2.85. The van der Waals surface area contributed by atoms with Crippen LogP contribution in [0.2, 0.25) is 0 Å². The van der Waals surface area contributed by atoms with Gasteiger partial charge in [0.1, 0.15) is 5.78 Å². The van der Waals surface area contributed by atoms with E-state index < -0.39 is 0 Å². The number of hydrogen-bond donors (Lipinski definition) is 1. The van der Waals surface area contributed by atoms with Crippen molar-refractivity contribution in [2.75, 3.05) is 7.05 Å². The molecule has 0 spiro atoms. The molecule has 2 nitrogen and oxygen atoms in total. The molecule has 1 N–H and O–H groups in total. The largest absolute Gasteiger partial charge is 0.311 e. The van der Waals surface area contributed by atoms with E-state index in [-0.39, 0.29) is 11.8 Å². The normalized spacial score (nSPS) is 28.4. The molecule has 1 aliphatic carbocycles. The minimum absolute atomic E-state index is 0.0246. The minimum Gasteiger partial charge on any atom is -0.311 e. The second-order valence-corrected chi connectivity index (χ2v) is 4.23. The number of hydrogen-bond acceptors (Lipinski definition) is 2. The maximum atomic E-state index is 11.2. The third-order valence-corrected chi connectivity index (χ3v) is 3.19. The van der Waals surface area contributed by atoms with Crippen LogP contribution in [-0.4, -0.2) is 18.9 Å². The molecule has 0 bridgehead atoms. The second-order valence-electron chi connectivity index (χ2n) is 4.23. The molecule has 0 saturated heterocycles. The Labute approximate surface area is 86.5 Å². The van der Waals surface area contributed by atoms with Crippen LogP contribution in [0.1, 0.15) is 32.6 Å². The number of nitrogens with one attached hydrogen (secondary N) is 1. The van der Waals surface area contributed by atoms with Crippen LogP contribution in [0.25, 0.3) is 0 Å². The Kier molecular flexibility index (Phi) is 4.16. The van der Waals surface area contributed by atoms with E-state index in [4.69, 9.17) is 6.42 Å². The molecular formula is C12H19NO. The number of carbonyl (C=O) groups is 1. The molecule has 0 heterocycles. The lowest BCUT2D eigenvalue weighted by molar-refractivity contribution is -0.119. The van der Waals surface area contributed by atoms with Crippen molar-refractivity contribution in [3.05, 3.63) is 0 Å². The number of carbonyl (C=O) groups excluding carboxylic acids is 1. The van der Waals surface area contributed by atoms with Gasteiger partial charge in [-0.25, -0.2) is 0 Å². The van der Waals surface area contributed by atoms with Gasteiger partial charge in [-0.1, -0.05) is 0 Å². The first-order valence-corrected chi connectivity index (χ1v) is 5.31. The van der Waals surface area contributed by atoms with Crippen molar-refractivity contribution in [1.29, 1.82) is 0 Å². The van der Waals surface area contributed by atoms with Gasteiger partial charge in [-0.05, 0) is 45.6 Å².